The van der Waals surface area contributed by atoms with Crippen LogP contribution in [0, 0.1) is 13.8 Å². The Morgan fingerprint density at radius 1 is 1.08 bits per heavy atom. The van der Waals surface area contributed by atoms with Gasteiger partial charge in [0.1, 0.15) is 11.8 Å². The minimum absolute atomic E-state index is 0.114. The zero-order chi connectivity index (χ0) is 19.1. The van der Waals surface area contributed by atoms with E-state index in [0.29, 0.717) is 12.3 Å². The maximum Gasteiger partial charge on any atom is 0.261 e. The van der Waals surface area contributed by atoms with Crippen LogP contribution in [0.2, 0.25) is 0 Å². The number of nitrogens with one attached hydrogen (secondary N) is 1. The molecule has 0 saturated carbocycles. The van der Waals surface area contributed by atoms with Gasteiger partial charge in [-0.05, 0) is 44.0 Å². The molecule has 0 aromatic heterocycles. The van der Waals surface area contributed by atoms with E-state index in [2.05, 4.69) is 5.32 Å². The number of carbonyl (C=O) groups is 2. The number of carbonyl (C=O) groups excluding carboxylic acids is 2. The number of hydrogen-bond donors (Lipinski definition) is 1. The second-order valence-corrected chi connectivity index (χ2v) is 6.41. The van der Waals surface area contributed by atoms with Crippen LogP contribution in [0.3, 0.4) is 0 Å². The summed E-state index contributed by atoms with van der Waals surface area (Å²) in [6.07, 6.45) is 0. The quantitative estimate of drug-likeness (QED) is 0.832. The fourth-order valence-corrected chi connectivity index (χ4v) is 2.73. The van der Waals surface area contributed by atoms with Crippen molar-refractivity contribution >= 4 is 11.8 Å². The minimum atomic E-state index is -0.589. The highest BCUT2D eigenvalue weighted by atomic mass is 16.5. The van der Waals surface area contributed by atoms with Gasteiger partial charge in [-0.1, -0.05) is 42.0 Å². The molecule has 2 aromatic rings. The molecule has 0 fully saturated rings. The van der Waals surface area contributed by atoms with E-state index >= 15 is 0 Å². The number of benzene rings is 2. The van der Waals surface area contributed by atoms with Crippen LogP contribution in [-0.4, -0.2) is 36.4 Å². The molecule has 0 bridgehead atoms. The Kier molecular flexibility index (Phi) is 6.78. The molecule has 0 radical (unpaired) electrons. The molecule has 0 aliphatic carbocycles. The number of nitrogens with zero attached hydrogens (tertiary/aromatic N) is 1. The fourth-order valence-electron chi connectivity index (χ4n) is 2.73. The van der Waals surface area contributed by atoms with Crippen LogP contribution in [0.5, 0.6) is 5.75 Å². The highest BCUT2D eigenvalue weighted by Crippen LogP contribution is 2.15. The number of likely N-dealkylation sites (N-methyl/N-ethyl adjacent to an activating group) is 1. The second kappa shape index (κ2) is 9.04. The Hall–Kier alpha value is -2.82. The predicted molar refractivity (Wildman–Crippen MR) is 102 cm³/mol. The monoisotopic (exact) mass is 354 g/mol. The molecule has 2 aromatic carbocycles. The smallest absolute Gasteiger partial charge is 0.261 e. The van der Waals surface area contributed by atoms with Crippen molar-refractivity contribution in [3.8, 4) is 5.75 Å². The van der Waals surface area contributed by atoms with Gasteiger partial charge in [0.25, 0.3) is 5.91 Å². The topological polar surface area (TPSA) is 58.6 Å². The summed E-state index contributed by atoms with van der Waals surface area (Å²) in [5, 5.41) is 2.60. The third-order valence-electron chi connectivity index (χ3n) is 4.20. The summed E-state index contributed by atoms with van der Waals surface area (Å²) >= 11 is 0. The SMILES string of the molecule is CNC(=O)C(C)N(Cc1cccc(C)c1)C(=O)COc1cccc(C)c1. The van der Waals surface area contributed by atoms with Crippen molar-refractivity contribution in [3.05, 3.63) is 65.2 Å². The fraction of sp³-hybridized carbons (Fsp3) is 0.333. The first-order valence-corrected chi connectivity index (χ1v) is 8.66. The zero-order valence-electron chi connectivity index (χ0n) is 15.8. The molecule has 5 heteroatoms. The number of hydrogen-bond acceptors (Lipinski definition) is 3. The molecule has 2 rings (SSSR count). The maximum atomic E-state index is 12.8. The Morgan fingerprint density at radius 2 is 1.73 bits per heavy atom. The van der Waals surface area contributed by atoms with Gasteiger partial charge in [-0.3, -0.25) is 9.59 Å². The molecule has 26 heavy (non-hydrogen) atoms. The molecule has 0 spiro atoms. The van der Waals surface area contributed by atoms with Crippen molar-refractivity contribution in [2.75, 3.05) is 13.7 Å². The first-order chi connectivity index (χ1) is 12.4. The van der Waals surface area contributed by atoms with Gasteiger partial charge in [0, 0.05) is 13.6 Å². The Bertz CT molecular complexity index is 773. The van der Waals surface area contributed by atoms with Gasteiger partial charge in [0.2, 0.25) is 5.91 Å². The summed E-state index contributed by atoms with van der Waals surface area (Å²) in [4.78, 5) is 26.4. The van der Waals surface area contributed by atoms with Crippen LogP contribution in [0.1, 0.15) is 23.6 Å². The van der Waals surface area contributed by atoms with Crippen molar-refractivity contribution in [1.82, 2.24) is 10.2 Å². The maximum absolute atomic E-state index is 12.8. The molecule has 5 nitrogen and oxygen atoms in total. The van der Waals surface area contributed by atoms with Crippen LogP contribution in [0.4, 0.5) is 0 Å². The first kappa shape index (κ1) is 19.5. The van der Waals surface area contributed by atoms with Crippen LogP contribution in [0.25, 0.3) is 0 Å². The third kappa shape index (κ3) is 5.34. The standard InChI is InChI=1S/C21H26N2O3/c1-15-7-5-9-18(11-15)13-23(17(3)21(25)22-4)20(24)14-26-19-10-6-8-16(2)12-19/h5-12,17H,13-14H2,1-4H3,(H,22,25). The molecule has 0 saturated heterocycles. The highest BCUT2D eigenvalue weighted by Gasteiger charge is 2.25. The van der Waals surface area contributed by atoms with E-state index in [9.17, 15) is 9.59 Å². The number of aryl methyl sites for hydroxylation is 2. The average Bonchev–Trinajstić information content (AvgIpc) is 2.63. The van der Waals surface area contributed by atoms with E-state index in [1.807, 2.05) is 62.4 Å². The van der Waals surface area contributed by atoms with Gasteiger partial charge >= 0.3 is 0 Å². The second-order valence-electron chi connectivity index (χ2n) is 6.41. The van der Waals surface area contributed by atoms with E-state index < -0.39 is 6.04 Å². The van der Waals surface area contributed by atoms with Gasteiger partial charge in [-0.15, -0.1) is 0 Å². The van der Waals surface area contributed by atoms with Gasteiger partial charge in [-0.2, -0.15) is 0 Å². The summed E-state index contributed by atoms with van der Waals surface area (Å²) in [5.41, 5.74) is 3.15. The Morgan fingerprint density at radius 3 is 2.35 bits per heavy atom. The van der Waals surface area contributed by atoms with E-state index in [-0.39, 0.29) is 18.4 Å². The van der Waals surface area contributed by atoms with Gasteiger partial charge in [-0.25, -0.2) is 0 Å². The summed E-state index contributed by atoms with van der Waals surface area (Å²) in [6, 6.07) is 14.9. The molecule has 138 valence electrons. The Labute approximate surface area is 155 Å². The zero-order valence-corrected chi connectivity index (χ0v) is 15.8. The van der Waals surface area contributed by atoms with E-state index in [0.717, 1.165) is 16.7 Å². The van der Waals surface area contributed by atoms with Crippen LogP contribution < -0.4 is 10.1 Å². The number of ether oxygens (including phenoxy) is 1. The molecule has 0 heterocycles. The molecule has 2 amide bonds. The van der Waals surface area contributed by atoms with Gasteiger partial charge in [0.05, 0.1) is 0 Å². The molecular weight excluding hydrogens is 328 g/mol. The number of rotatable bonds is 7. The first-order valence-electron chi connectivity index (χ1n) is 8.66. The van der Waals surface area contributed by atoms with E-state index in [4.69, 9.17) is 4.74 Å². The van der Waals surface area contributed by atoms with Crippen LogP contribution in [-0.2, 0) is 16.1 Å². The molecule has 1 unspecified atom stereocenters. The lowest BCUT2D eigenvalue weighted by atomic mass is 10.1. The predicted octanol–water partition coefficient (Wildman–Crippen LogP) is 2.85. The van der Waals surface area contributed by atoms with Crippen molar-refractivity contribution < 1.29 is 14.3 Å². The lowest BCUT2D eigenvalue weighted by molar-refractivity contribution is -0.142. The average molecular weight is 354 g/mol. The summed E-state index contributed by atoms with van der Waals surface area (Å²) in [6.45, 7) is 5.92. The lowest BCUT2D eigenvalue weighted by Crippen LogP contribution is -2.48. The third-order valence-corrected chi connectivity index (χ3v) is 4.20. The van der Waals surface area contributed by atoms with Gasteiger partial charge in [0.15, 0.2) is 6.61 Å². The summed E-state index contributed by atoms with van der Waals surface area (Å²) < 4.78 is 5.63. The van der Waals surface area contributed by atoms with Gasteiger partial charge < -0.3 is 15.0 Å². The molecular formula is C21H26N2O3. The normalized spacial score (nSPS) is 11.5. The molecule has 1 atom stereocenters. The van der Waals surface area contributed by atoms with Crippen molar-refractivity contribution in [2.45, 2.75) is 33.4 Å². The van der Waals surface area contributed by atoms with Crippen LogP contribution >= 0.6 is 0 Å². The highest BCUT2D eigenvalue weighted by molar-refractivity contribution is 5.87. The lowest BCUT2D eigenvalue weighted by Gasteiger charge is -2.28. The molecule has 0 aliphatic rings. The van der Waals surface area contributed by atoms with Crippen molar-refractivity contribution in [1.29, 1.82) is 0 Å². The van der Waals surface area contributed by atoms with Crippen molar-refractivity contribution in [3.63, 3.8) is 0 Å². The largest absolute Gasteiger partial charge is 0.484 e. The van der Waals surface area contributed by atoms with E-state index in [1.165, 1.54) is 0 Å². The molecule has 1 N–H and O–H groups in total. The van der Waals surface area contributed by atoms with E-state index in [1.54, 1.807) is 18.9 Å². The molecule has 0 aliphatic heterocycles. The Balaban J connectivity index is 2.13. The number of amides is 2. The minimum Gasteiger partial charge on any atom is -0.484 e. The summed E-state index contributed by atoms with van der Waals surface area (Å²) in [5.74, 6) is 0.201. The summed E-state index contributed by atoms with van der Waals surface area (Å²) in [7, 11) is 1.57. The van der Waals surface area contributed by atoms with Crippen molar-refractivity contribution in [2.24, 2.45) is 0 Å². The van der Waals surface area contributed by atoms with Crippen LogP contribution in [0.15, 0.2) is 48.5 Å².